The van der Waals surface area contributed by atoms with Gasteiger partial charge in [-0.2, -0.15) is 9.61 Å². The minimum atomic E-state index is 0.910. The van der Waals surface area contributed by atoms with Crippen LogP contribution in [-0.4, -0.2) is 40.8 Å². The van der Waals surface area contributed by atoms with Gasteiger partial charge in [0.15, 0.2) is 5.65 Å². The van der Waals surface area contributed by atoms with Gasteiger partial charge in [-0.1, -0.05) is 30.3 Å². The molecule has 3 heterocycles. The SMILES string of the molecule is Cc1cc2nc(-c3ccccc3)cc(N3CCNCC3)n2n1. The summed E-state index contributed by atoms with van der Waals surface area (Å²) in [6.07, 6.45) is 0. The lowest BCUT2D eigenvalue weighted by Crippen LogP contribution is -2.44. The Labute approximate surface area is 129 Å². The summed E-state index contributed by atoms with van der Waals surface area (Å²) in [6, 6.07) is 14.5. The van der Waals surface area contributed by atoms with E-state index >= 15 is 0 Å². The molecule has 1 fully saturated rings. The number of aryl methyl sites for hydroxylation is 1. The predicted molar refractivity (Wildman–Crippen MR) is 88.2 cm³/mol. The molecule has 1 aliphatic rings. The van der Waals surface area contributed by atoms with Gasteiger partial charge in [0.2, 0.25) is 0 Å². The summed E-state index contributed by atoms with van der Waals surface area (Å²) in [4.78, 5) is 7.16. The van der Waals surface area contributed by atoms with Crippen molar-refractivity contribution in [3.8, 4) is 11.3 Å². The van der Waals surface area contributed by atoms with E-state index in [4.69, 9.17) is 4.98 Å². The van der Waals surface area contributed by atoms with Crippen molar-refractivity contribution >= 4 is 11.5 Å². The summed E-state index contributed by atoms with van der Waals surface area (Å²) in [5, 5.41) is 8.01. The third-order valence-electron chi connectivity index (χ3n) is 4.04. The van der Waals surface area contributed by atoms with Crippen molar-refractivity contribution in [1.82, 2.24) is 19.9 Å². The zero-order chi connectivity index (χ0) is 14.9. The average Bonchev–Trinajstić information content (AvgIpc) is 2.95. The number of aromatic nitrogens is 3. The fourth-order valence-electron chi connectivity index (χ4n) is 2.95. The highest BCUT2D eigenvalue weighted by atomic mass is 15.4. The third-order valence-corrected chi connectivity index (χ3v) is 4.04. The largest absolute Gasteiger partial charge is 0.354 e. The standard InChI is InChI=1S/C17H19N5/c1-13-11-16-19-15(14-5-3-2-4-6-14)12-17(22(16)20-13)21-9-7-18-8-10-21/h2-6,11-12,18H,7-10H2,1H3. The van der Waals surface area contributed by atoms with Gasteiger partial charge in [-0.15, -0.1) is 0 Å². The number of nitrogens with zero attached hydrogens (tertiary/aromatic N) is 4. The number of benzene rings is 1. The van der Waals surface area contributed by atoms with Crippen LogP contribution in [0.4, 0.5) is 5.82 Å². The molecule has 3 aromatic rings. The van der Waals surface area contributed by atoms with Crippen LogP contribution in [0.1, 0.15) is 5.69 Å². The van der Waals surface area contributed by atoms with E-state index in [0.717, 1.165) is 54.6 Å². The van der Waals surface area contributed by atoms with E-state index in [-0.39, 0.29) is 0 Å². The normalized spacial score (nSPS) is 15.4. The van der Waals surface area contributed by atoms with Gasteiger partial charge in [-0.25, -0.2) is 4.98 Å². The van der Waals surface area contributed by atoms with Crippen LogP contribution in [0.2, 0.25) is 0 Å². The van der Waals surface area contributed by atoms with Crippen LogP contribution in [0.15, 0.2) is 42.5 Å². The molecular formula is C17H19N5. The summed E-state index contributed by atoms with van der Waals surface area (Å²) >= 11 is 0. The van der Waals surface area contributed by atoms with Gasteiger partial charge in [0.1, 0.15) is 5.82 Å². The Hall–Kier alpha value is -2.40. The number of nitrogens with one attached hydrogen (secondary N) is 1. The van der Waals surface area contributed by atoms with Gasteiger partial charge in [-0.05, 0) is 6.92 Å². The zero-order valence-corrected chi connectivity index (χ0v) is 12.7. The molecule has 0 atom stereocenters. The second-order valence-corrected chi connectivity index (χ2v) is 5.66. The summed E-state index contributed by atoms with van der Waals surface area (Å²) in [6.45, 7) is 6.01. The maximum Gasteiger partial charge on any atom is 0.158 e. The molecule has 0 aliphatic carbocycles. The highest BCUT2D eigenvalue weighted by Gasteiger charge is 2.17. The lowest BCUT2D eigenvalue weighted by molar-refractivity contribution is 0.579. The highest BCUT2D eigenvalue weighted by Crippen LogP contribution is 2.25. The lowest BCUT2D eigenvalue weighted by Gasteiger charge is -2.29. The third kappa shape index (κ3) is 2.33. The van der Waals surface area contributed by atoms with E-state index in [0.29, 0.717) is 0 Å². The lowest BCUT2D eigenvalue weighted by atomic mass is 10.1. The molecule has 1 aliphatic heterocycles. The van der Waals surface area contributed by atoms with Crippen molar-refractivity contribution < 1.29 is 0 Å². The van der Waals surface area contributed by atoms with Crippen LogP contribution in [0.3, 0.4) is 0 Å². The number of hydrogen-bond donors (Lipinski definition) is 1. The summed E-state index contributed by atoms with van der Waals surface area (Å²) in [5.41, 5.74) is 4.04. The molecule has 0 saturated carbocycles. The van der Waals surface area contributed by atoms with Gasteiger partial charge < -0.3 is 10.2 Å². The molecule has 22 heavy (non-hydrogen) atoms. The second kappa shape index (κ2) is 5.42. The number of hydrogen-bond acceptors (Lipinski definition) is 4. The van der Waals surface area contributed by atoms with Crippen molar-refractivity contribution in [1.29, 1.82) is 0 Å². The van der Waals surface area contributed by atoms with Crippen molar-refractivity contribution in [2.75, 3.05) is 31.1 Å². The van der Waals surface area contributed by atoms with Crippen LogP contribution < -0.4 is 10.2 Å². The van der Waals surface area contributed by atoms with Crippen LogP contribution in [0.25, 0.3) is 16.9 Å². The van der Waals surface area contributed by atoms with Crippen LogP contribution in [-0.2, 0) is 0 Å². The van der Waals surface area contributed by atoms with Gasteiger partial charge in [0.25, 0.3) is 0 Å². The Morgan fingerprint density at radius 2 is 1.82 bits per heavy atom. The first-order valence-electron chi connectivity index (χ1n) is 7.70. The first kappa shape index (κ1) is 13.3. The van der Waals surface area contributed by atoms with Crippen molar-refractivity contribution in [2.24, 2.45) is 0 Å². The first-order chi connectivity index (χ1) is 10.8. The van der Waals surface area contributed by atoms with Gasteiger partial charge in [0, 0.05) is 43.9 Å². The van der Waals surface area contributed by atoms with E-state index < -0.39 is 0 Å². The van der Waals surface area contributed by atoms with Gasteiger partial charge >= 0.3 is 0 Å². The van der Waals surface area contributed by atoms with Crippen molar-refractivity contribution in [2.45, 2.75) is 6.92 Å². The van der Waals surface area contributed by atoms with Crippen LogP contribution in [0.5, 0.6) is 0 Å². The molecule has 0 unspecified atom stereocenters. The molecule has 5 heteroatoms. The Morgan fingerprint density at radius 1 is 1.05 bits per heavy atom. The topological polar surface area (TPSA) is 45.5 Å². The number of fused-ring (bicyclic) bond motifs is 1. The molecule has 5 nitrogen and oxygen atoms in total. The van der Waals surface area contributed by atoms with Crippen LogP contribution in [0, 0.1) is 6.92 Å². The minimum Gasteiger partial charge on any atom is -0.354 e. The maximum atomic E-state index is 4.78. The second-order valence-electron chi connectivity index (χ2n) is 5.66. The smallest absolute Gasteiger partial charge is 0.158 e. The fraction of sp³-hybridized carbons (Fsp3) is 0.294. The number of piperazine rings is 1. The summed E-state index contributed by atoms with van der Waals surface area (Å²) in [5.74, 6) is 1.12. The molecule has 1 saturated heterocycles. The molecular weight excluding hydrogens is 274 g/mol. The fourth-order valence-corrected chi connectivity index (χ4v) is 2.95. The molecule has 0 radical (unpaired) electrons. The Balaban J connectivity index is 1.89. The van der Waals surface area contributed by atoms with Crippen molar-refractivity contribution in [3.63, 3.8) is 0 Å². The van der Waals surface area contributed by atoms with E-state index in [1.54, 1.807) is 0 Å². The average molecular weight is 293 g/mol. The summed E-state index contributed by atoms with van der Waals surface area (Å²) in [7, 11) is 0. The molecule has 4 rings (SSSR count). The Bertz CT molecular complexity index is 787. The van der Waals surface area contributed by atoms with E-state index in [9.17, 15) is 0 Å². The molecule has 1 N–H and O–H groups in total. The van der Waals surface area contributed by atoms with Crippen LogP contribution >= 0.6 is 0 Å². The quantitative estimate of drug-likeness (QED) is 0.786. The maximum absolute atomic E-state index is 4.78. The van der Waals surface area contributed by atoms with Crippen molar-refractivity contribution in [3.05, 3.63) is 48.2 Å². The number of anilines is 1. The van der Waals surface area contributed by atoms with Gasteiger partial charge in [-0.3, -0.25) is 0 Å². The molecule has 2 aromatic heterocycles. The summed E-state index contributed by atoms with van der Waals surface area (Å²) < 4.78 is 1.97. The molecule has 112 valence electrons. The zero-order valence-electron chi connectivity index (χ0n) is 12.7. The van der Waals surface area contributed by atoms with E-state index in [1.165, 1.54) is 0 Å². The predicted octanol–water partition coefficient (Wildman–Crippen LogP) is 2.11. The molecule has 0 bridgehead atoms. The van der Waals surface area contributed by atoms with Gasteiger partial charge in [0.05, 0.1) is 11.4 Å². The molecule has 1 aromatic carbocycles. The highest BCUT2D eigenvalue weighted by molar-refractivity contribution is 5.67. The van der Waals surface area contributed by atoms with E-state index in [1.807, 2.05) is 35.7 Å². The minimum absolute atomic E-state index is 0.910. The Morgan fingerprint density at radius 3 is 2.59 bits per heavy atom. The Kier molecular flexibility index (Phi) is 3.27. The monoisotopic (exact) mass is 293 g/mol. The first-order valence-corrected chi connectivity index (χ1v) is 7.70. The molecule has 0 amide bonds. The van der Waals surface area contributed by atoms with E-state index in [2.05, 4.69) is 33.5 Å². The molecule has 0 spiro atoms. The number of rotatable bonds is 2.